The van der Waals surface area contributed by atoms with Gasteiger partial charge in [0, 0.05) is 23.1 Å². The number of nitrogens with one attached hydrogen (secondary N) is 1. The Kier molecular flexibility index (Phi) is 5.71. The molecule has 0 spiro atoms. The van der Waals surface area contributed by atoms with Crippen LogP contribution in [0.2, 0.25) is 0 Å². The summed E-state index contributed by atoms with van der Waals surface area (Å²) in [6, 6.07) is 1.65. The minimum Gasteiger partial charge on any atom is -0.327 e. The molecule has 0 aliphatic carbocycles. The summed E-state index contributed by atoms with van der Waals surface area (Å²) in [6.45, 7) is 6.07. The fourth-order valence-corrected chi connectivity index (χ4v) is 2.86. The topological polar surface area (TPSA) is 71.8 Å². The Morgan fingerprint density at radius 1 is 1.53 bits per heavy atom. The number of rotatable bonds is 6. The second-order valence-electron chi connectivity index (χ2n) is 4.21. The van der Waals surface area contributed by atoms with Gasteiger partial charge in [-0.05, 0) is 19.8 Å². The molecule has 1 aromatic rings. The number of hydrogen-bond donors (Lipinski definition) is 2. The van der Waals surface area contributed by atoms with Gasteiger partial charge in [0.25, 0.3) is 5.56 Å². The predicted octanol–water partition coefficient (Wildman–Crippen LogP) is 2.08. The third kappa shape index (κ3) is 4.52. The number of aryl methyl sites for hydroxylation is 1. The van der Waals surface area contributed by atoms with Gasteiger partial charge in [0.1, 0.15) is 0 Å². The van der Waals surface area contributed by atoms with Gasteiger partial charge in [-0.2, -0.15) is 0 Å². The van der Waals surface area contributed by atoms with Gasteiger partial charge in [-0.3, -0.25) is 4.79 Å². The molecule has 0 fully saturated rings. The number of H-pyrrole nitrogens is 1. The highest BCUT2D eigenvalue weighted by molar-refractivity contribution is 7.99. The summed E-state index contributed by atoms with van der Waals surface area (Å²) in [5, 5.41) is 0.980. The predicted molar refractivity (Wildman–Crippen MR) is 72.4 cm³/mol. The fourth-order valence-electron chi connectivity index (χ4n) is 1.74. The van der Waals surface area contributed by atoms with Crippen LogP contribution in [0.25, 0.3) is 0 Å². The molecule has 96 valence electrons. The molecule has 1 heterocycles. The van der Waals surface area contributed by atoms with Crippen LogP contribution in [0.5, 0.6) is 0 Å². The van der Waals surface area contributed by atoms with Crippen molar-refractivity contribution < 1.29 is 0 Å². The monoisotopic (exact) mass is 255 g/mol. The molecule has 0 aromatic carbocycles. The van der Waals surface area contributed by atoms with E-state index in [1.54, 1.807) is 11.8 Å². The van der Waals surface area contributed by atoms with Crippen molar-refractivity contribution in [2.45, 2.75) is 56.5 Å². The number of nitrogens with two attached hydrogens (primary N) is 1. The molecule has 0 saturated heterocycles. The molecule has 0 aliphatic rings. The summed E-state index contributed by atoms with van der Waals surface area (Å²) in [7, 11) is 0. The first-order valence-electron chi connectivity index (χ1n) is 6.07. The van der Waals surface area contributed by atoms with Crippen LogP contribution in [0.1, 0.15) is 38.8 Å². The van der Waals surface area contributed by atoms with Gasteiger partial charge in [0.2, 0.25) is 0 Å². The lowest BCUT2D eigenvalue weighted by Gasteiger charge is -2.20. The van der Waals surface area contributed by atoms with Crippen molar-refractivity contribution in [1.29, 1.82) is 0 Å². The first-order chi connectivity index (χ1) is 8.06. The van der Waals surface area contributed by atoms with Crippen LogP contribution in [0.15, 0.2) is 16.0 Å². The molecular weight excluding hydrogens is 234 g/mol. The summed E-state index contributed by atoms with van der Waals surface area (Å²) in [5.41, 5.74) is 6.77. The normalized spacial score (nSPS) is 14.6. The molecule has 4 nitrogen and oxygen atoms in total. The zero-order chi connectivity index (χ0) is 12.8. The lowest BCUT2D eigenvalue weighted by molar-refractivity contribution is 0.565. The lowest BCUT2D eigenvalue weighted by Crippen LogP contribution is -2.32. The van der Waals surface area contributed by atoms with Crippen molar-refractivity contribution in [2.24, 2.45) is 5.73 Å². The second kappa shape index (κ2) is 6.81. The van der Waals surface area contributed by atoms with E-state index in [1.165, 1.54) is 6.07 Å². The van der Waals surface area contributed by atoms with Crippen LogP contribution in [0, 0.1) is 6.92 Å². The van der Waals surface area contributed by atoms with Crippen molar-refractivity contribution in [1.82, 2.24) is 9.97 Å². The van der Waals surface area contributed by atoms with E-state index >= 15 is 0 Å². The summed E-state index contributed by atoms with van der Waals surface area (Å²) >= 11 is 1.57. The highest BCUT2D eigenvalue weighted by Gasteiger charge is 2.17. The molecule has 0 radical (unpaired) electrons. The number of aromatic amines is 1. The third-order valence-electron chi connectivity index (χ3n) is 2.61. The van der Waals surface area contributed by atoms with Gasteiger partial charge in [0.05, 0.1) is 0 Å². The van der Waals surface area contributed by atoms with Crippen molar-refractivity contribution in [3.63, 3.8) is 0 Å². The smallest absolute Gasteiger partial charge is 0.251 e. The molecule has 17 heavy (non-hydrogen) atoms. The Morgan fingerprint density at radius 2 is 2.24 bits per heavy atom. The van der Waals surface area contributed by atoms with E-state index in [2.05, 4.69) is 23.8 Å². The summed E-state index contributed by atoms with van der Waals surface area (Å²) in [5.74, 6) is 0. The maximum atomic E-state index is 11.3. The molecule has 2 unspecified atom stereocenters. The zero-order valence-electron chi connectivity index (χ0n) is 10.7. The third-order valence-corrected chi connectivity index (χ3v) is 4.02. The van der Waals surface area contributed by atoms with E-state index in [4.69, 9.17) is 5.73 Å². The van der Waals surface area contributed by atoms with Crippen LogP contribution in [0.3, 0.4) is 0 Å². The largest absolute Gasteiger partial charge is 0.327 e. The van der Waals surface area contributed by atoms with Crippen LogP contribution in [-0.2, 0) is 0 Å². The number of nitrogens with zero attached hydrogens (tertiary/aromatic N) is 1. The van der Waals surface area contributed by atoms with Crippen LogP contribution < -0.4 is 11.3 Å². The van der Waals surface area contributed by atoms with Gasteiger partial charge in [-0.25, -0.2) is 4.98 Å². The molecule has 0 saturated carbocycles. The Balaban J connectivity index is 2.76. The minimum absolute atomic E-state index is 0.0982. The highest BCUT2D eigenvalue weighted by Crippen LogP contribution is 2.24. The Labute approximate surface area is 106 Å². The molecule has 0 aliphatic heterocycles. The molecular formula is C12H21N3OS. The standard InChI is InChI=1S/C12H21N3OS/c1-4-6-9(13)10(5-2)17-12-14-8(3)7-11(16)15-12/h7,9-10H,4-6,13H2,1-3H3,(H,14,15,16). The molecule has 3 N–H and O–H groups in total. The first kappa shape index (κ1) is 14.3. The Bertz CT molecular complexity index is 405. The second-order valence-corrected chi connectivity index (χ2v) is 5.44. The van der Waals surface area contributed by atoms with Crippen LogP contribution in [0.4, 0.5) is 0 Å². The summed E-state index contributed by atoms with van der Waals surface area (Å²) < 4.78 is 0. The molecule has 1 rings (SSSR count). The molecule has 0 amide bonds. The number of aromatic nitrogens is 2. The first-order valence-corrected chi connectivity index (χ1v) is 6.95. The van der Waals surface area contributed by atoms with E-state index in [-0.39, 0.29) is 11.6 Å². The highest BCUT2D eigenvalue weighted by atomic mass is 32.2. The van der Waals surface area contributed by atoms with Gasteiger partial charge < -0.3 is 10.7 Å². The average molecular weight is 255 g/mol. The van der Waals surface area contributed by atoms with Gasteiger partial charge in [-0.15, -0.1) is 0 Å². The van der Waals surface area contributed by atoms with Crippen molar-refractivity contribution in [3.05, 3.63) is 22.1 Å². The number of thioether (sulfide) groups is 1. The van der Waals surface area contributed by atoms with E-state index < -0.39 is 0 Å². The van der Waals surface area contributed by atoms with E-state index in [1.807, 2.05) is 6.92 Å². The molecule has 5 heteroatoms. The van der Waals surface area contributed by atoms with E-state index in [9.17, 15) is 4.79 Å². The minimum atomic E-state index is -0.0982. The maximum Gasteiger partial charge on any atom is 0.251 e. The van der Waals surface area contributed by atoms with Crippen LogP contribution in [-0.4, -0.2) is 21.3 Å². The quantitative estimate of drug-likeness (QED) is 0.603. The molecule has 0 bridgehead atoms. The number of hydrogen-bond acceptors (Lipinski definition) is 4. The Hall–Kier alpha value is -0.810. The molecule has 1 aromatic heterocycles. The summed E-state index contributed by atoms with van der Waals surface area (Å²) in [4.78, 5) is 18.4. The van der Waals surface area contributed by atoms with E-state index in [0.29, 0.717) is 10.4 Å². The zero-order valence-corrected chi connectivity index (χ0v) is 11.5. The maximum absolute atomic E-state index is 11.3. The average Bonchev–Trinajstić information content (AvgIpc) is 2.24. The lowest BCUT2D eigenvalue weighted by atomic mass is 10.1. The SMILES string of the molecule is CCCC(N)C(CC)Sc1nc(C)cc(=O)[nH]1. The molecule has 2 atom stereocenters. The van der Waals surface area contributed by atoms with Crippen molar-refractivity contribution >= 4 is 11.8 Å². The van der Waals surface area contributed by atoms with Gasteiger partial charge >= 0.3 is 0 Å². The van der Waals surface area contributed by atoms with Crippen LogP contribution >= 0.6 is 11.8 Å². The summed E-state index contributed by atoms with van der Waals surface area (Å²) in [6.07, 6.45) is 3.06. The van der Waals surface area contributed by atoms with Crippen molar-refractivity contribution in [2.75, 3.05) is 0 Å². The van der Waals surface area contributed by atoms with Gasteiger partial charge in [0.15, 0.2) is 5.16 Å². The fraction of sp³-hybridized carbons (Fsp3) is 0.667. The van der Waals surface area contributed by atoms with E-state index in [0.717, 1.165) is 25.0 Å². The Morgan fingerprint density at radius 3 is 2.76 bits per heavy atom. The van der Waals surface area contributed by atoms with Crippen molar-refractivity contribution in [3.8, 4) is 0 Å². The van der Waals surface area contributed by atoms with Gasteiger partial charge in [-0.1, -0.05) is 32.0 Å².